The first kappa shape index (κ1) is 43.4. The fourth-order valence-corrected chi connectivity index (χ4v) is 6.92. The van der Waals surface area contributed by atoms with E-state index < -0.39 is 72.5 Å². The van der Waals surface area contributed by atoms with Crippen molar-refractivity contribution in [2.75, 3.05) is 39.8 Å². The molecule has 1 aliphatic carbocycles. The maximum Gasteiger partial charge on any atom is 0.245 e. The highest BCUT2D eigenvalue weighted by atomic mass is 16.5. The van der Waals surface area contributed by atoms with Crippen molar-refractivity contribution in [3.63, 3.8) is 0 Å². The topological polar surface area (TPSA) is 207 Å². The van der Waals surface area contributed by atoms with Crippen LogP contribution in [-0.4, -0.2) is 111 Å². The SMILES string of the molecule is CCCCCCC1OC(C2CCCCCC2)C(C)NC(=O)C(COC(CN)CN)NC(=O)CNC(=O)CNC(=O)C(CCC)N(C)C(=O)C1C. The zero-order chi connectivity index (χ0) is 37.1. The lowest BCUT2D eigenvalue weighted by Gasteiger charge is -2.38. The van der Waals surface area contributed by atoms with Crippen LogP contribution in [0.5, 0.6) is 0 Å². The summed E-state index contributed by atoms with van der Waals surface area (Å²) in [6, 6.07) is -2.35. The highest BCUT2D eigenvalue weighted by Crippen LogP contribution is 2.32. The Hall–Kier alpha value is -2.81. The van der Waals surface area contributed by atoms with Gasteiger partial charge in [-0.1, -0.05) is 78.6 Å². The van der Waals surface area contributed by atoms with Crippen molar-refractivity contribution >= 4 is 29.5 Å². The number of nitrogens with zero attached hydrogens (tertiary/aromatic N) is 1. The van der Waals surface area contributed by atoms with Gasteiger partial charge in [-0.2, -0.15) is 0 Å². The Morgan fingerprint density at radius 1 is 0.820 bits per heavy atom. The number of hydrogen-bond acceptors (Lipinski definition) is 9. The fraction of sp³-hybridized carbons (Fsp3) is 0.861. The zero-order valence-corrected chi connectivity index (χ0v) is 31.3. The fourth-order valence-electron chi connectivity index (χ4n) is 6.92. The smallest absolute Gasteiger partial charge is 0.245 e. The molecule has 1 aliphatic heterocycles. The standard InChI is InChI=1S/C36H67N7O7/c1-6-8-9-14-18-30-24(3)36(48)43(5)29(15-7-2)35(47)40-21-31(44)39-22-32(45)42-28(23-49-27(19-37)20-38)34(46)41-25(4)33(50-30)26-16-12-10-11-13-17-26/h24-30,33H,6-23,37-38H2,1-5H3,(H,39,44)(H,40,47)(H,41,46)(H,42,45). The molecule has 288 valence electrons. The van der Waals surface area contributed by atoms with Gasteiger partial charge in [-0.25, -0.2) is 0 Å². The third kappa shape index (κ3) is 14.4. The van der Waals surface area contributed by atoms with Gasteiger partial charge < -0.3 is 47.1 Å². The van der Waals surface area contributed by atoms with Gasteiger partial charge in [-0.15, -0.1) is 0 Å². The van der Waals surface area contributed by atoms with Crippen molar-refractivity contribution in [2.24, 2.45) is 23.3 Å². The average Bonchev–Trinajstić information content (AvgIpc) is 3.39. The van der Waals surface area contributed by atoms with Crippen LogP contribution in [0.15, 0.2) is 0 Å². The van der Waals surface area contributed by atoms with Crippen LogP contribution in [0, 0.1) is 11.8 Å². The maximum atomic E-state index is 14.1. The summed E-state index contributed by atoms with van der Waals surface area (Å²) in [7, 11) is 1.63. The largest absolute Gasteiger partial charge is 0.373 e. The number of unbranched alkanes of at least 4 members (excludes halogenated alkanes) is 3. The molecule has 0 aromatic carbocycles. The van der Waals surface area contributed by atoms with Crippen LogP contribution in [0.1, 0.15) is 111 Å². The van der Waals surface area contributed by atoms with Crippen molar-refractivity contribution in [3.8, 4) is 0 Å². The summed E-state index contributed by atoms with van der Waals surface area (Å²) in [6.45, 7) is 7.15. The van der Waals surface area contributed by atoms with Crippen molar-refractivity contribution in [1.82, 2.24) is 26.2 Å². The lowest BCUT2D eigenvalue weighted by atomic mass is 9.88. The van der Waals surface area contributed by atoms with E-state index in [0.717, 1.165) is 64.2 Å². The van der Waals surface area contributed by atoms with Gasteiger partial charge in [0, 0.05) is 20.1 Å². The lowest BCUT2D eigenvalue weighted by Crippen LogP contribution is -2.57. The molecule has 14 nitrogen and oxygen atoms in total. The molecule has 0 bridgehead atoms. The molecular formula is C36H67N7O7. The van der Waals surface area contributed by atoms with E-state index >= 15 is 0 Å². The number of rotatable bonds is 13. The number of nitrogens with one attached hydrogen (secondary N) is 4. The summed E-state index contributed by atoms with van der Waals surface area (Å²) in [5.41, 5.74) is 11.5. The number of hydrogen-bond donors (Lipinski definition) is 6. The molecule has 1 heterocycles. The molecule has 5 amide bonds. The number of carbonyl (C=O) groups is 5. The van der Waals surface area contributed by atoms with Gasteiger partial charge in [-0.3, -0.25) is 24.0 Å². The van der Waals surface area contributed by atoms with Crippen LogP contribution in [0.2, 0.25) is 0 Å². The normalized spacial score (nSPS) is 27.8. The minimum absolute atomic E-state index is 0.138. The second-order valence-corrected chi connectivity index (χ2v) is 14.1. The molecule has 1 saturated carbocycles. The Morgan fingerprint density at radius 3 is 2.10 bits per heavy atom. The van der Waals surface area contributed by atoms with Crippen molar-refractivity contribution < 1.29 is 33.4 Å². The molecule has 8 N–H and O–H groups in total. The molecule has 0 aromatic rings. The van der Waals surface area contributed by atoms with E-state index in [9.17, 15) is 24.0 Å². The summed E-state index contributed by atoms with van der Waals surface area (Å²) in [4.78, 5) is 68.4. The van der Waals surface area contributed by atoms with E-state index in [2.05, 4.69) is 28.2 Å². The quantitative estimate of drug-likeness (QED) is 0.121. The zero-order valence-electron chi connectivity index (χ0n) is 31.3. The molecular weight excluding hydrogens is 642 g/mol. The van der Waals surface area contributed by atoms with Crippen LogP contribution in [0.4, 0.5) is 0 Å². The van der Waals surface area contributed by atoms with Gasteiger partial charge in [0.05, 0.1) is 50.0 Å². The average molecular weight is 710 g/mol. The Labute approximate surface area is 299 Å². The minimum Gasteiger partial charge on any atom is -0.373 e. The molecule has 1 saturated heterocycles. The molecule has 14 heteroatoms. The highest BCUT2D eigenvalue weighted by Gasteiger charge is 2.38. The Morgan fingerprint density at radius 2 is 1.48 bits per heavy atom. The molecule has 50 heavy (non-hydrogen) atoms. The van der Waals surface area contributed by atoms with E-state index in [1.807, 2.05) is 20.8 Å². The Kier molecular flexibility index (Phi) is 20.5. The minimum atomic E-state index is -1.10. The van der Waals surface area contributed by atoms with E-state index in [1.54, 1.807) is 7.05 Å². The molecule has 2 rings (SSSR count). The van der Waals surface area contributed by atoms with Crippen molar-refractivity contribution in [2.45, 2.75) is 148 Å². The second kappa shape index (κ2) is 23.6. The van der Waals surface area contributed by atoms with Crippen LogP contribution in [0.25, 0.3) is 0 Å². The molecule has 2 aliphatic rings. The van der Waals surface area contributed by atoms with Gasteiger partial charge in [0.25, 0.3) is 0 Å². The predicted molar refractivity (Wildman–Crippen MR) is 193 cm³/mol. The molecule has 0 radical (unpaired) electrons. The van der Waals surface area contributed by atoms with Crippen LogP contribution in [0.3, 0.4) is 0 Å². The first-order chi connectivity index (χ1) is 24.0. The molecule has 2 fully saturated rings. The van der Waals surface area contributed by atoms with Gasteiger partial charge in [0.15, 0.2) is 0 Å². The van der Waals surface area contributed by atoms with E-state index in [0.29, 0.717) is 19.3 Å². The molecule has 0 spiro atoms. The van der Waals surface area contributed by atoms with Gasteiger partial charge in [-0.05, 0) is 38.5 Å². The highest BCUT2D eigenvalue weighted by molar-refractivity contribution is 5.93. The van der Waals surface area contributed by atoms with Crippen LogP contribution in [-0.2, 0) is 33.4 Å². The second-order valence-electron chi connectivity index (χ2n) is 14.1. The Balaban J connectivity index is 2.54. The maximum absolute atomic E-state index is 14.1. The lowest BCUT2D eigenvalue weighted by molar-refractivity contribution is -0.151. The summed E-state index contributed by atoms with van der Waals surface area (Å²) in [6.07, 6.45) is 10.6. The summed E-state index contributed by atoms with van der Waals surface area (Å²) in [5.74, 6) is -2.74. The van der Waals surface area contributed by atoms with Gasteiger partial charge in [0.1, 0.15) is 12.1 Å². The first-order valence-electron chi connectivity index (χ1n) is 19.0. The van der Waals surface area contributed by atoms with E-state index in [1.165, 1.54) is 4.90 Å². The molecule has 0 aromatic heterocycles. The number of amides is 5. The van der Waals surface area contributed by atoms with Crippen LogP contribution < -0.4 is 32.7 Å². The van der Waals surface area contributed by atoms with Crippen molar-refractivity contribution in [1.29, 1.82) is 0 Å². The van der Waals surface area contributed by atoms with E-state index in [4.69, 9.17) is 20.9 Å². The summed E-state index contributed by atoms with van der Waals surface area (Å²) >= 11 is 0. The number of carbonyl (C=O) groups excluding carboxylic acids is 5. The summed E-state index contributed by atoms with van der Waals surface area (Å²) < 4.78 is 12.8. The molecule has 6 unspecified atom stereocenters. The third-order valence-electron chi connectivity index (χ3n) is 10.1. The Bertz CT molecular complexity index is 1050. The van der Waals surface area contributed by atoms with Crippen LogP contribution >= 0.6 is 0 Å². The number of likely N-dealkylation sites (N-methyl/N-ethyl adjacent to an activating group) is 1. The number of ether oxygens (including phenoxy) is 2. The van der Waals surface area contributed by atoms with E-state index in [-0.39, 0.29) is 38.1 Å². The first-order valence-corrected chi connectivity index (χ1v) is 19.0. The van der Waals surface area contributed by atoms with Crippen molar-refractivity contribution in [3.05, 3.63) is 0 Å². The molecule has 6 atom stereocenters. The predicted octanol–water partition coefficient (Wildman–Crippen LogP) is 1.48. The van der Waals surface area contributed by atoms with Gasteiger partial charge in [0.2, 0.25) is 29.5 Å². The number of nitrogens with two attached hydrogens (primary N) is 2. The summed E-state index contributed by atoms with van der Waals surface area (Å²) in [5, 5.41) is 10.9. The monoisotopic (exact) mass is 710 g/mol. The third-order valence-corrected chi connectivity index (χ3v) is 10.1. The van der Waals surface area contributed by atoms with Gasteiger partial charge >= 0.3 is 0 Å².